The van der Waals surface area contributed by atoms with Crippen LogP contribution in [0, 0.1) is 5.92 Å². The van der Waals surface area contributed by atoms with Crippen molar-refractivity contribution in [2.45, 2.75) is 39.3 Å². The third-order valence-corrected chi connectivity index (χ3v) is 2.76. The summed E-state index contributed by atoms with van der Waals surface area (Å²) in [6, 6.07) is 0. The molecule has 0 bridgehead atoms. The molecule has 11 heavy (non-hydrogen) atoms. The van der Waals surface area contributed by atoms with Crippen LogP contribution in [0.3, 0.4) is 0 Å². The maximum Gasteiger partial charge on any atom is 0.257 e. The van der Waals surface area contributed by atoms with Gasteiger partial charge in [0.2, 0.25) is 0 Å². The highest BCUT2D eigenvalue weighted by atomic mass is 32.1. The number of hydrogen-bond donors (Lipinski definition) is 1. The molecular weight excluding hydrogens is 158 g/mol. The molecule has 0 aromatic carbocycles. The highest BCUT2D eigenvalue weighted by Crippen LogP contribution is 2.25. The van der Waals surface area contributed by atoms with E-state index >= 15 is 0 Å². The first kappa shape index (κ1) is 8.78. The summed E-state index contributed by atoms with van der Waals surface area (Å²) in [5, 5.41) is 3.67. The molecule has 1 aliphatic heterocycles. The minimum absolute atomic E-state index is 0.0642. The van der Waals surface area contributed by atoms with E-state index in [9.17, 15) is 0 Å². The standard InChI is InChI=1S/C8H15NOS/c1-5-6(2)10-7(11)9-8(5,3)4/h5-6H,1-4H3,(H,9,11)/t5-,6+/m0/s1. The van der Waals surface area contributed by atoms with E-state index in [0.29, 0.717) is 11.1 Å². The molecular formula is C8H15NOS. The van der Waals surface area contributed by atoms with Crippen LogP contribution < -0.4 is 5.32 Å². The molecule has 0 spiro atoms. The normalized spacial score (nSPS) is 35.8. The zero-order chi connectivity index (χ0) is 8.65. The Bertz CT molecular complexity index is 179. The van der Waals surface area contributed by atoms with Crippen LogP contribution in [0.15, 0.2) is 0 Å². The van der Waals surface area contributed by atoms with Gasteiger partial charge >= 0.3 is 0 Å². The summed E-state index contributed by atoms with van der Waals surface area (Å²) >= 11 is 4.95. The molecule has 0 unspecified atom stereocenters. The summed E-state index contributed by atoms with van der Waals surface area (Å²) in [5.74, 6) is 0.481. The minimum Gasteiger partial charge on any atom is -0.468 e. The molecule has 1 aliphatic rings. The maximum atomic E-state index is 5.35. The SMILES string of the molecule is C[C@H]1OC(=S)NC(C)(C)[C@H]1C. The topological polar surface area (TPSA) is 21.3 Å². The van der Waals surface area contributed by atoms with E-state index in [0.717, 1.165) is 0 Å². The van der Waals surface area contributed by atoms with Crippen LogP contribution in [0.4, 0.5) is 0 Å². The van der Waals surface area contributed by atoms with Gasteiger partial charge in [-0.2, -0.15) is 0 Å². The third kappa shape index (κ3) is 1.64. The highest BCUT2D eigenvalue weighted by Gasteiger charge is 2.36. The van der Waals surface area contributed by atoms with Crippen molar-refractivity contribution in [1.82, 2.24) is 5.32 Å². The molecule has 64 valence electrons. The molecule has 0 aliphatic carbocycles. The van der Waals surface area contributed by atoms with Gasteiger partial charge in [0.25, 0.3) is 5.17 Å². The molecule has 0 saturated carbocycles. The largest absolute Gasteiger partial charge is 0.468 e. The van der Waals surface area contributed by atoms with Gasteiger partial charge in [0.1, 0.15) is 6.10 Å². The van der Waals surface area contributed by atoms with Gasteiger partial charge in [0.15, 0.2) is 0 Å². The van der Waals surface area contributed by atoms with Crippen molar-refractivity contribution < 1.29 is 4.74 Å². The lowest BCUT2D eigenvalue weighted by atomic mass is 9.84. The van der Waals surface area contributed by atoms with Gasteiger partial charge in [-0.15, -0.1) is 0 Å². The minimum atomic E-state index is 0.0642. The third-order valence-electron chi connectivity index (χ3n) is 2.56. The summed E-state index contributed by atoms with van der Waals surface area (Å²) in [6.07, 6.45) is 0.221. The first-order valence-corrected chi connectivity index (χ1v) is 4.33. The number of thiocarbonyl (C=S) groups is 1. The van der Waals surface area contributed by atoms with Crippen LogP contribution >= 0.6 is 12.2 Å². The van der Waals surface area contributed by atoms with Crippen molar-refractivity contribution in [3.05, 3.63) is 0 Å². The predicted octanol–water partition coefficient (Wildman–Crippen LogP) is 1.69. The lowest BCUT2D eigenvalue weighted by Crippen LogP contribution is -2.57. The van der Waals surface area contributed by atoms with E-state index in [1.54, 1.807) is 0 Å². The van der Waals surface area contributed by atoms with Gasteiger partial charge in [-0.05, 0) is 33.0 Å². The lowest BCUT2D eigenvalue weighted by molar-refractivity contribution is 0.0585. The fourth-order valence-electron chi connectivity index (χ4n) is 1.26. The van der Waals surface area contributed by atoms with Crippen LogP contribution in [0.2, 0.25) is 0 Å². The highest BCUT2D eigenvalue weighted by molar-refractivity contribution is 7.80. The Balaban J connectivity index is 2.75. The zero-order valence-electron chi connectivity index (χ0n) is 7.47. The van der Waals surface area contributed by atoms with Crippen molar-refractivity contribution in [3.63, 3.8) is 0 Å². The van der Waals surface area contributed by atoms with Crippen LogP contribution in [-0.4, -0.2) is 16.8 Å². The van der Waals surface area contributed by atoms with Gasteiger partial charge in [-0.3, -0.25) is 0 Å². The Labute approximate surface area is 73.3 Å². The van der Waals surface area contributed by atoms with Crippen LogP contribution in [0.5, 0.6) is 0 Å². The Morgan fingerprint density at radius 3 is 2.45 bits per heavy atom. The van der Waals surface area contributed by atoms with Crippen LogP contribution in [0.25, 0.3) is 0 Å². The number of rotatable bonds is 0. The van der Waals surface area contributed by atoms with Gasteiger partial charge < -0.3 is 10.1 Å². The molecule has 2 nitrogen and oxygen atoms in total. The second-order valence-corrected chi connectivity index (χ2v) is 4.12. The Hall–Kier alpha value is -0.310. The molecule has 0 radical (unpaired) electrons. The smallest absolute Gasteiger partial charge is 0.257 e. The van der Waals surface area contributed by atoms with Gasteiger partial charge in [-0.25, -0.2) is 0 Å². The molecule has 3 heteroatoms. The van der Waals surface area contributed by atoms with Crippen molar-refractivity contribution in [2.24, 2.45) is 5.92 Å². The van der Waals surface area contributed by atoms with E-state index in [1.165, 1.54) is 0 Å². The second kappa shape index (κ2) is 2.63. The number of ether oxygens (including phenoxy) is 1. The molecule has 2 atom stereocenters. The maximum absolute atomic E-state index is 5.35. The summed E-state index contributed by atoms with van der Waals surface area (Å²) in [5.41, 5.74) is 0.0642. The van der Waals surface area contributed by atoms with Crippen molar-refractivity contribution in [3.8, 4) is 0 Å². The quantitative estimate of drug-likeness (QED) is 0.563. The average Bonchev–Trinajstić information content (AvgIpc) is 1.81. The molecule has 0 aromatic rings. The van der Waals surface area contributed by atoms with Gasteiger partial charge in [-0.1, -0.05) is 6.92 Å². The fraction of sp³-hybridized carbons (Fsp3) is 0.875. The van der Waals surface area contributed by atoms with Crippen molar-refractivity contribution >= 4 is 17.4 Å². The van der Waals surface area contributed by atoms with E-state index in [-0.39, 0.29) is 11.6 Å². The summed E-state index contributed by atoms with van der Waals surface area (Å²) in [4.78, 5) is 0. The van der Waals surface area contributed by atoms with E-state index < -0.39 is 0 Å². The molecule has 1 N–H and O–H groups in total. The Morgan fingerprint density at radius 2 is 2.00 bits per heavy atom. The predicted molar refractivity (Wildman–Crippen MR) is 49.5 cm³/mol. The van der Waals surface area contributed by atoms with Crippen molar-refractivity contribution in [2.75, 3.05) is 0 Å². The fourth-order valence-corrected chi connectivity index (χ4v) is 1.68. The number of hydrogen-bond acceptors (Lipinski definition) is 2. The first-order valence-electron chi connectivity index (χ1n) is 3.92. The monoisotopic (exact) mass is 173 g/mol. The van der Waals surface area contributed by atoms with Gasteiger partial charge in [0, 0.05) is 11.5 Å². The van der Waals surface area contributed by atoms with E-state index in [2.05, 4.69) is 33.0 Å². The summed E-state index contributed by atoms with van der Waals surface area (Å²) < 4.78 is 5.35. The van der Waals surface area contributed by atoms with Gasteiger partial charge in [0.05, 0.1) is 0 Å². The first-order chi connectivity index (χ1) is 4.93. The average molecular weight is 173 g/mol. The Kier molecular flexibility index (Phi) is 2.10. The molecule has 1 rings (SSSR count). The molecule has 1 heterocycles. The summed E-state index contributed by atoms with van der Waals surface area (Å²) in [6.45, 7) is 8.50. The molecule has 1 fully saturated rings. The molecule has 1 saturated heterocycles. The van der Waals surface area contributed by atoms with Crippen LogP contribution in [-0.2, 0) is 4.74 Å². The molecule has 0 amide bonds. The molecule has 0 aromatic heterocycles. The van der Waals surface area contributed by atoms with Crippen molar-refractivity contribution in [1.29, 1.82) is 0 Å². The zero-order valence-corrected chi connectivity index (χ0v) is 8.29. The van der Waals surface area contributed by atoms with Crippen LogP contribution in [0.1, 0.15) is 27.7 Å². The lowest BCUT2D eigenvalue weighted by Gasteiger charge is -2.42. The van der Waals surface area contributed by atoms with E-state index in [4.69, 9.17) is 17.0 Å². The van der Waals surface area contributed by atoms with E-state index in [1.807, 2.05) is 0 Å². The number of nitrogens with one attached hydrogen (secondary N) is 1. The Morgan fingerprint density at radius 1 is 1.45 bits per heavy atom. The second-order valence-electron chi connectivity index (χ2n) is 3.75. The summed E-state index contributed by atoms with van der Waals surface area (Å²) in [7, 11) is 0.